The lowest BCUT2D eigenvalue weighted by atomic mass is 9.98. The van der Waals surface area contributed by atoms with Gasteiger partial charge in [-0.3, -0.25) is 4.79 Å². The van der Waals surface area contributed by atoms with Crippen molar-refractivity contribution >= 4 is 5.91 Å². The highest BCUT2D eigenvalue weighted by Gasteiger charge is 2.22. The summed E-state index contributed by atoms with van der Waals surface area (Å²) >= 11 is 0. The smallest absolute Gasteiger partial charge is 0.239 e. The summed E-state index contributed by atoms with van der Waals surface area (Å²) in [5, 5.41) is 3.32. The number of carbonyl (C=O) groups is 1. The van der Waals surface area contributed by atoms with E-state index in [-0.39, 0.29) is 5.91 Å². The average molecular weight is 284 g/mol. The number of amides is 1. The van der Waals surface area contributed by atoms with E-state index in [0.29, 0.717) is 5.92 Å². The van der Waals surface area contributed by atoms with Gasteiger partial charge in [-0.1, -0.05) is 30.3 Å². The van der Waals surface area contributed by atoms with E-state index >= 15 is 0 Å². The van der Waals surface area contributed by atoms with Crippen LogP contribution in [0.4, 0.5) is 0 Å². The number of nitrogens with two attached hydrogens (primary N) is 1. The number of aryl methyl sites for hydroxylation is 1. The van der Waals surface area contributed by atoms with Crippen LogP contribution in [-0.4, -0.2) is 22.0 Å². The van der Waals surface area contributed by atoms with Crippen LogP contribution in [0.5, 0.6) is 0 Å². The first-order valence-corrected chi connectivity index (χ1v) is 7.31. The van der Waals surface area contributed by atoms with Crippen LogP contribution in [0.2, 0.25) is 0 Å². The Hall–Kier alpha value is -2.14. The number of primary amides is 1. The van der Waals surface area contributed by atoms with Gasteiger partial charge in [0.1, 0.15) is 11.9 Å². The Balaban J connectivity index is 1.62. The number of aromatic nitrogens is 2. The van der Waals surface area contributed by atoms with Gasteiger partial charge in [-0.2, -0.15) is 0 Å². The Kier molecular flexibility index (Phi) is 4.01. The zero-order valence-corrected chi connectivity index (χ0v) is 11.9. The fourth-order valence-electron chi connectivity index (χ4n) is 2.92. The third kappa shape index (κ3) is 3.13. The number of imidazole rings is 1. The molecule has 3 N–H and O–H groups in total. The minimum Gasteiger partial charge on any atom is -0.368 e. The summed E-state index contributed by atoms with van der Waals surface area (Å²) in [5.41, 5.74) is 6.45. The van der Waals surface area contributed by atoms with Gasteiger partial charge in [0.05, 0.1) is 0 Å². The molecule has 0 fully saturated rings. The van der Waals surface area contributed by atoms with Crippen LogP contribution in [0.3, 0.4) is 0 Å². The van der Waals surface area contributed by atoms with Crippen molar-refractivity contribution < 1.29 is 4.79 Å². The third-order valence-electron chi connectivity index (χ3n) is 4.06. The normalized spacial score (nSPS) is 19.0. The van der Waals surface area contributed by atoms with Gasteiger partial charge in [0, 0.05) is 31.9 Å². The maximum atomic E-state index is 11.7. The van der Waals surface area contributed by atoms with Crippen LogP contribution in [0.15, 0.2) is 42.7 Å². The van der Waals surface area contributed by atoms with Crippen molar-refractivity contribution in [1.29, 1.82) is 0 Å². The number of hydrogen-bond acceptors (Lipinski definition) is 3. The predicted molar refractivity (Wildman–Crippen MR) is 80.4 cm³/mol. The summed E-state index contributed by atoms with van der Waals surface area (Å²) < 4.78 is 2.19. The maximum Gasteiger partial charge on any atom is 0.239 e. The first kappa shape index (κ1) is 13.8. The third-order valence-corrected chi connectivity index (χ3v) is 4.06. The lowest BCUT2D eigenvalue weighted by Crippen LogP contribution is -2.38. The van der Waals surface area contributed by atoms with Crippen molar-refractivity contribution in [3.05, 3.63) is 54.1 Å². The second-order valence-electron chi connectivity index (χ2n) is 5.55. The molecule has 5 nitrogen and oxygen atoms in total. The summed E-state index contributed by atoms with van der Waals surface area (Å²) in [6, 6.07) is 9.21. The van der Waals surface area contributed by atoms with Gasteiger partial charge in [-0.05, 0) is 17.9 Å². The number of benzene rings is 1. The van der Waals surface area contributed by atoms with Crippen LogP contribution < -0.4 is 11.1 Å². The van der Waals surface area contributed by atoms with Crippen molar-refractivity contribution in [2.75, 3.05) is 6.54 Å². The molecule has 1 amide bonds. The molecule has 1 aliphatic rings. The molecule has 0 aliphatic carbocycles. The van der Waals surface area contributed by atoms with Gasteiger partial charge in [0.15, 0.2) is 0 Å². The molecule has 1 aromatic carbocycles. The number of rotatable bonds is 5. The molecular weight excluding hydrogens is 264 g/mol. The molecule has 0 saturated heterocycles. The molecule has 5 heteroatoms. The highest BCUT2D eigenvalue weighted by atomic mass is 16.1. The lowest BCUT2D eigenvalue weighted by molar-refractivity contribution is -0.120. The average Bonchev–Trinajstić information content (AvgIpc) is 2.96. The van der Waals surface area contributed by atoms with Crippen LogP contribution in [0, 0.1) is 5.92 Å². The maximum absolute atomic E-state index is 11.7. The Morgan fingerprint density at radius 1 is 1.43 bits per heavy atom. The summed E-state index contributed by atoms with van der Waals surface area (Å²) in [6.07, 6.45) is 5.95. The molecular formula is C16H20N4O. The van der Waals surface area contributed by atoms with Gasteiger partial charge in [0.25, 0.3) is 0 Å². The fraction of sp³-hybridized carbons (Fsp3) is 0.375. The summed E-state index contributed by atoms with van der Waals surface area (Å²) in [5.74, 6) is 1.32. The standard InChI is InChI=1S/C16H20N4O/c17-16(21)15(13-4-2-1-3-5-13)19-10-12-6-7-14-18-8-9-20(14)11-12/h1-5,8-9,12,15,19H,6-7,10-11H2,(H2,17,21). The first-order valence-electron chi connectivity index (χ1n) is 7.31. The molecule has 3 rings (SSSR count). The SMILES string of the molecule is NC(=O)C(NCC1CCc2nccn2C1)c1ccccc1. The highest BCUT2D eigenvalue weighted by molar-refractivity contribution is 5.81. The summed E-state index contributed by atoms with van der Waals surface area (Å²) in [7, 11) is 0. The van der Waals surface area contributed by atoms with Crippen LogP contribution in [-0.2, 0) is 17.8 Å². The molecule has 110 valence electrons. The molecule has 2 unspecified atom stereocenters. The van der Waals surface area contributed by atoms with Crippen LogP contribution >= 0.6 is 0 Å². The summed E-state index contributed by atoms with van der Waals surface area (Å²) in [4.78, 5) is 16.0. The topological polar surface area (TPSA) is 72.9 Å². The van der Waals surface area contributed by atoms with E-state index in [1.54, 1.807) is 0 Å². The zero-order valence-electron chi connectivity index (χ0n) is 11.9. The highest BCUT2D eigenvalue weighted by Crippen LogP contribution is 2.19. The Labute approximate surface area is 124 Å². The van der Waals surface area contributed by atoms with Crippen LogP contribution in [0.25, 0.3) is 0 Å². The molecule has 0 saturated carbocycles. The summed E-state index contributed by atoms with van der Waals surface area (Å²) in [6.45, 7) is 1.72. The second kappa shape index (κ2) is 6.10. The second-order valence-corrected chi connectivity index (χ2v) is 5.55. The number of carbonyl (C=O) groups excluding carboxylic acids is 1. The van der Waals surface area contributed by atoms with E-state index in [1.807, 2.05) is 42.7 Å². The predicted octanol–water partition coefficient (Wildman–Crippen LogP) is 1.26. The van der Waals surface area contributed by atoms with Crippen molar-refractivity contribution in [3.8, 4) is 0 Å². The number of fused-ring (bicyclic) bond motifs is 1. The van der Waals surface area contributed by atoms with E-state index < -0.39 is 6.04 Å². The van der Waals surface area contributed by atoms with Gasteiger partial charge in [0.2, 0.25) is 5.91 Å². The number of nitrogens with zero attached hydrogens (tertiary/aromatic N) is 2. The van der Waals surface area contributed by atoms with E-state index in [9.17, 15) is 4.79 Å². The molecule has 0 spiro atoms. The molecule has 1 aromatic heterocycles. The number of nitrogens with one attached hydrogen (secondary N) is 1. The van der Waals surface area contributed by atoms with Crippen molar-refractivity contribution in [2.45, 2.75) is 25.4 Å². The van der Waals surface area contributed by atoms with E-state index in [1.165, 1.54) is 0 Å². The van der Waals surface area contributed by atoms with E-state index in [0.717, 1.165) is 37.3 Å². The van der Waals surface area contributed by atoms with Gasteiger partial charge in [-0.15, -0.1) is 0 Å². The van der Waals surface area contributed by atoms with E-state index in [4.69, 9.17) is 5.73 Å². The van der Waals surface area contributed by atoms with Crippen molar-refractivity contribution in [2.24, 2.45) is 11.7 Å². The first-order chi connectivity index (χ1) is 10.2. The molecule has 0 bridgehead atoms. The Morgan fingerprint density at radius 3 is 3.00 bits per heavy atom. The Morgan fingerprint density at radius 2 is 2.24 bits per heavy atom. The molecule has 2 atom stereocenters. The van der Waals surface area contributed by atoms with Gasteiger partial charge >= 0.3 is 0 Å². The monoisotopic (exact) mass is 284 g/mol. The van der Waals surface area contributed by atoms with Gasteiger partial charge < -0.3 is 15.6 Å². The zero-order chi connectivity index (χ0) is 14.7. The minimum atomic E-state index is -0.421. The molecule has 1 aliphatic heterocycles. The largest absolute Gasteiger partial charge is 0.368 e. The van der Waals surface area contributed by atoms with Crippen molar-refractivity contribution in [1.82, 2.24) is 14.9 Å². The molecule has 2 heterocycles. The van der Waals surface area contributed by atoms with Gasteiger partial charge in [-0.25, -0.2) is 4.98 Å². The minimum absolute atomic E-state index is 0.333. The number of hydrogen-bond donors (Lipinski definition) is 2. The molecule has 0 radical (unpaired) electrons. The Bertz CT molecular complexity index is 608. The lowest BCUT2D eigenvalue weighted by Gasteiger charge is -2.26. The molecule has 2 aromatic rings. The molecule has 21 heavy (non-hydrogen) atoms. The quantitative estimate of drug-likeness (QED) is 0.868. The van der Waals surface area contributed by atoms with E-state index in [2.05, 4.69) is 14.9 Å². The van der Waals surface area contributed by atoms with Crippen molar-refractivity contribution in [3.63, 3.8) is 0 Å². The van der Waals surface area contributed by atoms with Crippen LogP contribution in [0.1, 0.15) is 23.9 Å². The fourth-order valence-corrected chi connectivity index (χ4v) is 2.92.